The Morgan fingerprint density at radius 2 is 2.11 bits per heavy atom. The molecule has 0 atom stereocenters. The summed E-state index contributed by atoms with van der Waals surface area (Å²) < 4.78 is 0. The average Bonchev–Trinajstić information content (AvgIpc) is 2.33. The number of fused-ring (bicyclic) bond motifs is 1. The summed E-state index contributed by atoms with van der Waals surface area (Å²) >= 11 is 0. The lowest BCUT2D eigenvalue weighted by Gasteiger charge is -1.90. The van der Waals surface area contributed by atoms with Gasteiger partial charge < -0.3 is 10.9 Å². The lowest BCUT2D eigenvalue weighted by atomic mass is 10.4. The monoisotopic (exact) mass is 122 g/mol. The molecule has 0 bridgehead atoms. The first-order valence-corrected chi connectivity index (χ1v) is 2.68. The van der Waals surface area contributed by atoms with Crippen LogP contribution in [0.4, 0.5) is 11.4 Å². The van der Waals surface area contributed by atoms with Crippen molar-refractivity contribution in [3.05, 3.63) is 18.5 Å². The minimum absolute atomic E-state index is 0.984. The van der Waals surface area contributed by atoms with Crippen molar-refractivity contribution in [2.24, 2.45) is 0 Å². The molecule has 4 nitrogen and oxygen atoms in total. The van der Waals surface area contributed by atoms with Crippen LogP contribution in [0.15, 0.2) is 18.5 Å². The second-order valence-electron chi connectivity index (χ2n) is 1.80. The van der Waals surface area contributed by atoms with Crippen LogP contribution in [-0.4, -0.2) is 4.98 Å². The number of hydrazine groups is 2. The lowest BCUT2D eigenvalue weighted by Crippen LogP contribution is -2.19. The van der Waals surface area contributed by atoms with Crippen molar-refractivity contribution in [3.63, 3.8) is 0 Å². The number of pyridine rings is 1. The van der Waals surface area contributed by atoms with Crippen LogP contribution in [0.1, 0.15) is 0 Å². The first-order chi connectivity index (χ1) is 4.47. The van der Waals surface area contributed by atoms with Gasteiger partial charge >= 0.3 is 0 Å². The number of aromatic nitrogens is 1. The van der Waals surface area contributed by atoms with Crippen LogP contribution in [-0.2, 0) is 0 Å². The Bertz CT molecular complexity index is 199. The third-order valence-corrected chi connectivity index (χ3v) is 1.22. The maximum absolute atomic E-state index is 3.91. The molecule has 9 heavy (non-hydrogen) atoms. The molecular formula is C5H6N4. The minimum Gasteiger partial charge on any atom is -0.302 e. The van der Waals surface area contributed by atoms with Crippen LogP contribution in [0.2, 0.25) is 0 Å². The van der Waals surface area contributed by atoms with Crippen molar-refractivity contribution in [2.75, 3.05) is 10.9 Å². The Kier molecular flexibility index (Phi) is 0.811. The molecule has 0 saturated carbocycles. The topological polar surface area (TPSA) is 49.0 Å². The predicted molar refractivity (Wildman–Crippen MR) is 34.6 cm³/mol. The van der Waals surface area contributed by atoms with Crippen molar-refractivity contribution in [1.29, 1.82) is 0 Å². The van der Waals surface area contributed by atoms with Crippen LogP contribution in [0.25, 0.3) is 0 Å². The molecule has 0 aromatic carbocycles. The fourth-order valence-corrected chi connectivity index (χ4v) is 0.769. The molecule has 0 aliphatic carbocycles. The highest BCUT2D eigenvalue weighted by molar-refractivity contribution is 5.69. The summed E-state index contributed by atoms with van der Waals surface area (Å²) in [7, 11) is 0. The third-order valence-electron chi connectivity index (χ3n) is 1.22. The van der Waals surface area contributed by atoms with Crippen molar-refractivity contribution in [3.8, 4) is 0 Å². The zero-order chi connectivity index (χ0) is 6.10. The van der Waals surface area contributed by atoms with Crippen LogP contribution < -0.4 is 16.4 Å². The number of hydrogen-bond donors (Lipinski definition) is 3. The Labute approximate surface area is 52.2 Å². The van der Waals surface area contributed by atoms with E-state index in [0.29, 0.717) is 0 Å². The van der Waals surface area contributed by atoms with E-state index in [1.165, 1.54) is 0 Å². The summed E-state index contributed by atoms with van der Waals surface area (Å²) in [6.07, 6.45) is 3.49. The molecule has 3 N–H and O–H groups in total. The Morgan fingerprint density at radius 3 is 3.00 bits per heavy atom. The number of rotatable bonds is 0. The molecule has 0 unspecified atom stereocenters. The summed E-state index contributed by atoms with van der Waals surface area (Å²) in [5.41, 5.74) is 10.5. The molecule has 0 saturated heterocycles. The van der Waals surface area contributed by atoms with Gasteiger partial charge in [0.05, 0.1) is 17.6 Å². The second-order valence-corrected chi connectivity index (χ2v) is 1.80. The first kappa shape index (κ1) is 4.58. The third kappa shape index (κ3) is 0.603. The van der Waals surface area contributed by atoms with Gasteiger partial charge in [-0.1, -0.05) is 0 Å². The fourth-order valence-electron chi connectivity index (χ4n) is 0.769. The summed E-state index contributed by atoms with van der Waals surface area (Å²) in [6, 6.07) is 1.89. The van der Waals surface area contributed by atoms with Crippen molar-refractivity contribution in [2.45, 2.75) is 0 Å². The Morgan fingerprint density at radius 1 is 1.22 bits per heavy atom. The number of hydrogen-bond acceptors (Lipinski definition) is 4. The highest BCUT2D eigenvalue weighted by Gasteiger charge is 2.05. The van der Waals surface area contributed by atoms with E-state index in [1.54, 1.807) is 12.4 Å². The highest BCUT2D eigenvalue weighted by Crippen LogP contribution is 2.20. The van der Waals surface area contributed by atoms with Gasteiger partial charge in [-0.3, -0.25) is 4.98 Å². The van der Waals surface area contributed by atoms with Gasteiger partial charge in [-0.2, -0.15) is 0 Å². The van der Waals surface area contributed by atoms with Gasteiger partial charge in [-0.25, -0.2) is 0 Å². The zero-order valence-electron chi connectivity index (χ0n) is 4.68. The van der Waals surface area contributed by atoms with Crippen LogP contribution in [0.5, 0.6) is 0 Å². The Hall–Kier alpha value is -1.29. The number of nitrogens with zero attached hydrogens (tertiary/aromatic N) is 1. The molecule has 2 heterocycles. The second kappa shape index (κ2) is 1.60. The van der Waals surface area contributed by atoms with E-state index in [1.807, 2.05) is 6.07 Å². The smallest absolute Gasteiger partial charge is 0.0934 e. The maximum atomic E-state index is 3.91. The Balaban J connectivity index is 2.54. The van der Waals surface area contributed by atoms with E-state index < -0.39 is 0 Å². The largest absolute Gasteiger partial charge is 0.302 e. The average molecular weight is 122 g/mol. The quantitative estimate of drug-likeness (QED) is 0.464. The van der Waals surface area contributed by atoms with Gasteiger partial charge in [-0.15, -0.1) is 5.53 Å². The standard InChI is InChI=1S/C5H6N4/c1-2-6-3-5-4(1)7-9-8-5/h1-3,7-9H. The zero-order valence-corrected chi connectivity index (χ0v) is 4.68. The van der Waals surface area contributed by atoms with Gasteiger partial charge in [0.25, 0.3) is 0 Å². The molecule has 46 valence electrons. The van der Waals surface area contributed by atoms with E-state index in [-0.39, 0.29) is 0 Å². The van der Waals surface area contributed by atoms with Crippen molar-refractivity contribution < 1.29 is 0 Å². The maximum Gasteiger partial charge on any atom is 0.0934 e. The lowest BCUT2D eigenvalue weighted by molar-refractivity contribution is 1.01. The first-order valence-electron chi connectivity index (χ1n) is 2.68. The minimum atomic E-state index is 0.984. The number of anilines is 2. The van der Waals surface area contributed by atoms with Gasteiger partial charge in [-0.05, 0) is 6.07 Å². The molecule has 1 aliphatic heterocycles. The highest BCUT2D eigenvalue weighted by atomic mass is 15.6. The van der Waals surface area contributed by atoms with Crippen LogP contribution >= 0.6 is 0 Å². The summed E-state index contributed by atoms with van der Waals surface area (Å²) in [6.45, 7) is 0. The molecule has 0 radical (unpaired) electrons. The summed E-state index contributed by atoms with van der Waals surface area (Å²) in [4.78, 5) is 3.91. The van der Waals surface area contributed by atoms with Crippen LogP contribution in [0, 0.1) is 0 Å². The van der Waals surface area contributed by atoms with E-state index in [0.717, 1.165) is 11.4 Å². The molecule has 1 aromatic heterocycles. The fraction of sp³-hybridized carbons (Fsp3) is 0. The molecule has 0 spiro atoms. The van der Waals surface area contributed by atoms with E-state index >= 15 is 0 Å². The van der Waals surface area contributed by atoms with Gasteiger partial charge in [0, 0.05) is 6.20 Å². The normalized spacial score (nSPS) is 13.8. The van der Waals surface area contributed by atoms with Crippen molar-refractivity contribution >= 4 is 11.4 Å². The van der Waals surface area contributed by atoms with Gasteiger partial charge in [0.2, 0.25) is 0 Å². The molecule has 1 aliphatic rings. The van der Waals surface area contributed by atoms with Crippen molar-refractivity contribution in [1.82, 2.24) is 10.5 Å². The van der Waals surface area contributed by atoms with E-state index in [4.69, 9.17) is 0 Å². The van der Waals surface area contributed by atoms with Gasteiger partial charge in [0.1, 0.15) is 0 Å². The molecule has 0 fully saturated rings. The summed E-state index contributed by atoms with van der Waals surface area (Å²) in [5.74, 6) is 0. The predicted octanol–water partition coefficient (Wildman–Crippen LogP) is 0.339. The molecule has 1 aromatic rings. The van der Waals surface area contributed by atoms with Gasteiger partial charge in [0.15, 0.2) is 0 Å². The van der Waals surface area contributed by atoms with E-state index in [2.05, 4.69) is 21.4 Å². The number of nitrogens with one attached hydrogen (secondary N) is 3. The SMILES string of the molecule is c1cc2c(cn1)NNN2. The summed E-state index contributed by atoms with van der Waals surface area (Å²) in [5, 5.41) is 0. The van der Waals surface area contributed by atoms with E-state index in [9.17, 15) is 0 Å². The molecule has 2 rings (SSSR count). The molecule has 4 heteroatoms. The molecule has 0 amide bonds. The molecular weight excluding hydrogens is 116 g/mol. The van der Waals surface area contributed by atoms with Crippen LogP contribution in [0.3, 0.4) is 0 Å².